The minimum absolute atomic E-state index is 0. The summed E-state index contributed by atoms with van der Waals surface area (Å²) in [4.78, 5) is 9.14. The first-order chi connectivity index (χ1) is 13.7. The smallest absolute Gasteiger partial charge is 0.387 e. The number of aromatic nitrogens is 1. The highest BCUT2D eigenvalue weighted by molar-refractivity contribution is 14.0. The van der Waals surface area contributed by atoms with E-state index < -0.39 is 6.61 Å². The van der Waals surface area contributed by atoms with Crippen LogP contribution in [0, 0.1) is 0 Å². The van der Waals surface area contributed by atoms with Gasteiger partial charge in [-0.15, -0.1) is 35.3 Å². The summed E-state index contributed by atoms with van der Waals surface area (Å²) in [7, 11) is 1.52. The highest BCUT2D eigenvalue weighted by Gasteiger charge is 2.18. The van der Waals surface area contributed by atoms with E-state index in [1.807, 2.05) is 12.3 Å². The lowest BCUT2D eigenvalue weighted by atomic mass is 9.98. The first-order valence-electron chi connectivity index (χ1n) is 9.31. The number of nitrogens with zero attached hydrogens (tertiary/aromatic N) is 2. The number of nitrogens with one attached hydrogen (secondary N) is 2. The number of hydrogen-bond acceptors (Lipinski definition) is 5. The maximum Gasteiger partial charge on any atom is 0.387 e. The summed E-state index contributed by atoms with van der Waals surface area (Å²) < 4.78 is 35.1. The summed E-state index contributed by atoms with van der Waals surface area (Å²) in [5.74, 6) is 1.19. The van der Waals surface area contributed by atoms with Crippen molar-refractivity contribution in [3.63, 3.8) is 0 Å². The molecule has 2 aromatic rings. The van der Waals surface area contributed by atoms with Gasteiger partial charge >= 0.3 is 6.61 Å². The second-order valence-electron chi connectivity index (χ2n) is 7.29. The number of ether oxygens (including phenoxy) is 2. The molecule has 0 amide bonds. The molecule has 30 heavy (non-hydrogen) atoms. The van der Waals surface area contributed by atoms with E-state index in [1.165, 1.54) is 13.2 Å². The fourth-order valence-corrected chi connectivity index (χ4v) is 3.34. The maximum absolute atomic E-state index is 12.7. The number of aliphatic imine (C=N–C) groups is 1. The van der Waals surface area contributed by atoms with E-state index in [0.29, 0.717) is 30.4 Å². The molecule has 1 aromatic carbocycles. The van der Waals surface area contributed by atoms with Crippen LogP contribution in [0.1, 0.15) is 44.0 Å². The van der Waals surface area contributed by atoms with Crippen LogP contribution in [0.25, 0.3) is 0 Å². The average Bonchev–Trinajstić information content (AvgIpc) is 3.14. The number of thiazole rings is 1. The van der Waals surface area contributed by atoms with Crippen molar-refractivity contribution >= 4 is 41.3 Å². The summed E-state index contributed by atoms with van der Waals surface area (Å²) in [6, 6.07) is 4.67. The van der Waals surface area contributed by atoms with Crippen LogP contribution in [-0.4, -0.2) is 31.2 Å². The Balaban J connectivity index is 0.00000450. The van der Waals surface area contributed by atoms with E-state index in [9.17, 15) is 8.78 Å². The zero-order chi connectivity index (χ0) is 21.4. The van der Waals surface area contributed by atoms with Crippen LogP contribution in [0.4, 0.5) is 8.78 Å². The number of methoxy groups -OCH3 is 1. The van der Waals surface area contributed by atoms with Gasteiger partial charge in [-0.05, 0) is 25.1 Å². The molecule has 0 aliphatic heterocycles. The molecule has 0 atom stereocenters. The largest absolute Gasteiger partial charge is 0.497 e. The van der Waals surface area contributed by atoms with Crippen molar-refractivity contribution in [3.8, 4) is 11.5 Å². The molecule has 0 spiro atoms. The Morgan fingerprint density at radius 3 is 2.57 bits per heavy atom. The molecular formula is C20H29F2IN4O2S. The quantitative estimate of drug-likeness (QED) is 0.276. The van der Waals surface area contributed by atoms with Crippen molar-refractivity contribution in [2.45, 2.75) is 52.8 Å². The molecule has 0 saturated heterocycles. The van der Waals surface area contributed by atoms with Crippen molar-refractivity contribution in [1.29, 1.82) is 0 Å². The number of alkyl halides is 2. The first kappa shape index (κ1) is 26.3. The summed E-state index contributed by atoms with van der Waals surface area (Å²) >= 11 is 1.63. The molecule has 0 unspecified atom stereocenters. The molecule has 2 N–H and O–H groups in total. The van der Waals surface area contributed by atoms with Crippen LogP contribution in [0.3, 0.4) is 0 Å². The van der Waals surface area contributed by atoms with E-state index in [-0.39, 0.29) is 41.7 Å². The molecule has 0 saturated carbocycles. The van der Waals surface area contributed by atoms with Gasteiger partial charge in [-0.25, -0.2) is 9.98 Å². The second-order valence-corrected chi connectivity index (χ2v) is 8.15. The van der Waals surface area contributed by atoms with Crippen LogP contribution in [0.15, 0.2) is 28.6 Å². The van der Waals surface area contributed by atoms with Crippen LogP contribution in [0.2, 0.25) is 0 Å². The van der Waals surface area contributed by atoms with Crippen LogP contribution < -0.4 is 20.1 Å². The van der Waals surface area contributed by atoms with Gasteiger partial charge in [-0.3, -0.25) is 0 Å². The highest BCUT2D eigenvalue weighted by atomic mass is 127. The van der Waals surface area contributed by atoms with Gasteiger partial charge in [0, 0.05) is 22.9 Å². The van der Waals surface area contributed by atoms with E-state index in [1.54, 1.807) is 23.5 Å². The third-order valence-corrected chi connectivity index (χ3v) is 5.18. The molecule has 2 rings (SSSR count). The zero-order valence-electron chi connectivity index (χ0n) is 17.8. The van der Waals surface area contributed by atoms with Crippen molar-refractivity contribution < 1.29 is 18.3 Å². The van der Waals surface area contributed by atoms with Gasteiger partial charge in [0.1, 0.15) is 11.5 Å². The second kappa shape index (κ2) is 12.2. The normalized spacial score (nSPS) is 11.8. The summed E-state index contributed by atoms with van der Waals surface area (Å²) in [5.41, 5.74) is 1.44. The number of benzene rings is 1. The number of rotatable bonds is 8. The molecule has 0 bridgehead atoms. The molecule has 0 aliphatic carbocycles. The highest BCUT2D eigenvalue weighted by Crippen LogP contribution is 2.27. The van der Waals surface area contributed by atoms with Crippen LogP contribution in [-0.2, 0) is 18.5 Å². The Bertz CT molecular complexity index is 825. The molecule has 0 fully saturated rings. The summed E-state index contributed by atoms with van der Waals surface area (Å²) in [6.45, 7) is 6.75. The molecular weight excluding hydrogens is 525 g/mol. The Kier molecular flexibility index (Phi) is 10.7. The molecule has 10 heteroatoms. The third-order valence-electron chi connectivity index (χ3n) is 3.87. The van der Waals surface area contributed by atoms with Gasteiger partial charge < -0.3 is 20.1 Å². The Hall–Kier alpha value is -1.69. The number of guanidine groups is 1. The topological polar surface area (TPSA) is 67.8 Å². The van der Waals surface area contributed by atoms with Crippen LogP contribution >= 0.6 is 35.3 Å². The van der Waals surface area contributed by atoms with Crippen molar-refractivity contribution in [1.82, 2.24) is 15.6 Å². The van der Waals surface area contributed by atoms with Gasteiger partial charge in [-0.1, -0.05) is 20.8 Å². The number of hydrogen-bond donors (Lipinski definition) is 2. The Labute approximate surface area is 197 Å². The van der Waals surface area contributed by atoms with Gasteiger partial charge in [-0.2, -0.15) is 8.78 Å². The molecule has 0 radical (unpaired) electrons. The van der Waals surface area contributed by atoms with Gasteiger partial charge in [0.2, 0.25) is 0 Å². The molecule has 6 nitrogen and oxygen atoms in total. The fourth-order valence-electron chi connectivity index (χ4n) is 2.43. The third kappa shape index (κ3) is 8.21. The predicted octanol–water partition coefficient (Wildman–Crippen LogP) is 4.92. The molecule has 1 aromatic heterocycles. The lowest BCUT2D eigenvalue weighted by molar-refractivity contribution is -0.0504. The number of halogens is 3. The lowest BCUT2D eigenvalue weighted by Gasteiger charge is -2.14. The first-order valence-corrected chi connectivity index (χ1v) is 10.2. The molecule has 168 valence electrons. The fraction of sp³-hybridized carbons (Fsp3) is 0.500. The van der Waals surface area contributed by atoms with Gasteiger partial charge in [0.15, 0.2) is 5.96 Å². The van der Waals surface area contributed by atoms with Crippen LogP contribution in [0.5, 0.6) is 11.5 Å². The van der Waals surface area contributed by atoms with E-state index in [0.717, 1.165) is 10.7 Å². The van der Waals surface area contributed by atoms with Crippen molar-refractivity contribution in [3.05, 3.63) is 39.8 Å². The zero-order valence-corrected chi connectivity index (χ0v) is 20.9. The maximum atomic E-state index is 12.7. The van der Waals surface area contributed by atoms with E-state index >= 15 is 0 Å². The van der Waals surface area contributed by atoms with E-state index in [4.69, 9.17) is 4.74 Å². The van der Waals surface area contributed by atoms with E-state index in [2.05, 4.69) is 46.1 Å². The predicted molar refractivity (Wildman–Crippen MR) is 128 cm³/mol. The monoisotopic (exact) mass is 554 g/mol. The van der Waals surface area contributed by atoms with Crippen molar-refractivity contribution in [2.75, 3.05) is 13.7 Å². The van der Waals surface area contributed by atoms with Crippen molar-refractivity contribution in [2.24, 2.45) is 4.99 Å². The summed E-state index contributed by atoms with van der Waals surface area (Å²) in [5, 5.41) is 9.46. The minimum Gasteiger partial charge on any atom is -0.497 e. The average molecular weight is 554 g/mol. The van der Waals surface area contributed by atoms with Gasteiger partial charge in [0.25, 0.3) is 0 Å². The standard InChI is InChI=1S/C20H28F2N4O2S.HI/c1-6-23-19(25-11-14-12-29-17(26-14)20(2,3)4)24-10-13-9-15(27-5)7-8-16(13)28-18(21)22;/h7-9,12,18H,6,10-11H2,1-5H3,(H2,23,24,25);1H. The summed E-state index contributed by atoms with van der Waals surface area (Å²) in [6.07, 6.45) is 0. The molecule has 0 aliphatic rings. The lowest BCUT2D eigenvalue weighted by Crippen LogP contribution is -2.36. The Morgan fingerprint density at radius 1 is 1.27 bits per heavy atom. The molecule has 1 heterocycles. The minimum atomic E-state index is -2.90. The Morgan fingerprint density at radius 2 is 2.00 bits per heavy atom. The van der Waals surface area contributed by atoms with Gasteiger partial charge in [0.05, 0.1) is 30.9 Å². The SMILES string of the molecule is CCNC(=NCc1cc(OC)ccc1OC(F)F)NCc1csc(C(C)(C)C)n1.I.